The van der Waals surface area contributed by atoms with E-state index in [9.17, 15) is 18.0 Å². The molecule has 1 aromatic carbocycles. The highest BCUT2D eigenvalue weighted by atomic mass is 19.4. The van der Waals surface area contributed by atoms with Crippen molar-refractivity contribution in [1.29, 1.82) is 0 Å². The van der Waals surface area contributed by atoms with Crippen LogP contribution >= 0.6 is 0 Å². The van der Waals surface area contributed by atoms with E-state index in [4.69, 9.17) is 0 Å². The van der Waals surface area contributed by atoms with Crippen LogP contribution in [0.2, 0.25) is 0 Å². The molecule has 8 heteroatoms. The van der Waals surface area contributed by atoms with Crippen LogP contribution in [0.15, 0.2) is 36.5 Å². The molecule has 0 aliphatic heterocycles. The van der Waals surface area contributed by atoms with Crippen LogP contribution in [0.1, 0.15) is 27.2 Å². The third-order valence-electron chi connectivity index (χ3n) is 3.83. The van der Waals surface area contributed by atoms with Gasteiger partial charge in [-0.3, -0.25) is 9.48 Å². The molecule has 5 nitrogen and oxygen atoms in total. The number of pyridine rings is 1. The van der Waals surface area contributed by atoms with Gasteiger partial charge < -0.3 is 5.32 Å². The minimum Gasteiger partial charge on any atom is -0.348 e. The van der Waals surface area contributed by atoms with E-state index in [1.165, 1.54) is 18.3 Å². The van der Waals surface area contributed by atoms with Gasteiger partial charge in [0.1, 0.15) is 0 Å². The van der Waals surface area contributed by atoms with Crippen LogP contribution in [0.3, 0.4) is 0 Å². The molecule has 0 saturated heterocycles. The van der Waals surface area contributed by atoms with Crippen molar-refractivity contribution in [2.45, 2.75) is 19.6 Å². The average molecular weight is 348 g/mol. The summed E-state index contributed by atoms with van der Waals surface area (Å²) in [5.41, 5.74) is 1.36. The van der Waals surface area contributed by atoms with Gasteiger partial charge in [0.25, 0.3) is 5.91 Å². The number of nitrogens with one attached hydrogen (secondary N) is 1. The van der Waals surface area contributed by atoms with Gasteiger partial charge in [-0.1, -0.05) is 12.1 Å². The van der Waals surface area contributed by atoms with Crippen LogP contribution in [0.4, 0.5) is 13.2 Å². The van der Waals surface area contributed by atoms with E-state index in [0.717, 1.165) is 23.2 Å². The van der Waals surface area contributed by atoms with Crippen LogP contribution in [0.5, 0.6) is 0 Å². The molecule has 0 saturated carbocycles. The molecule has 1 N–H and O–H groups in total. The molecule has 0 spiro atoms. The molecule has 2 aromatic heterocycles. The normalized spacial score (nSPS) is 11.7. The summed E-state index contributed by atoms with van der Waals surface area (Å²) in [7, 11) is 1.76. The maximum absolute atomic E-state index is 12.7. The van der Waals surface area contributed by atoms with E-state index in [-0.39, 0.29) is 6.54 Å². The van der Waals surface area contributed by atoms with Gasteiger partial charge in [-0.05, 0) is 30.7 Å². The van der Waals surface area contributed by atoms with Gasteiger partial charge in [0.15, 0.2) is 5.65 Å². The summed E-state index contributed by atoms with van der Waals surface area (Å²) >= 11 is 0. The number of carbonyl (C=O) groups excluding carboxylic acids is 1. The van der Waals surface area contributed by atoms with Gasteiger partial charge in [0.2, 0.25) is 0 Å². The van der Waals surface area contributed by atoms with Gasteiger partial charge in [-0.2, -0.15) is 18.3 Å². The highest BCUT2D eigenvalue weighted by Gasteiger charge is 2.30. The van der Waals surface area contributed by atoms with Gasteiger partial charge >= 0.3 is 6.18 Å². The molecular formula is C17H15F3N4O. The van der Waals surface area contributed by atoms with Crippen molar-refractivity contribution in [2.24, 2.45) is 7.05 Å². The fourth-order valence-corrected chi connectivity index (χ4v) is 2.57. The molecule has 0 fully saturated rings. The van der Waals surface area contributed by atoms with Gasteiger partial charge in [-0.15, -0.1) is 0 Å². The number of aromatic nitrogens is 3. The number of aryl methyl sites for hydroxylation is 2. The highest BCUT2D eigenvalue weighted by Crippen LogP contribution is 2.29. The summed E-state index contributed by atoms with van der Waals surface area (Å²) in [5.74, 6) is -0.407. The van der Waals surface area contributed by atoms with Crippen molar-refractivity contribution in [3.8, 4) is 0 Å². The molecular weight excluding hydrogens is 333 g/mol. The van der Waals surface area contributed by atoms with Crippen LogP contribution in [0.25, 0.3) is 11.0 Å². The van der Waals surface area contributed by atoms with Gasteiger partial charge in [0, 0.05) is 25.2 Å². The number of nitrogens with zero attached hydrogens (tertiary/aromatic N) is 3. The standard InChI is InChI=1S/C17H15F3N4O/c1-10-14-7-12(9-21-15(14)24(2)23-10)16(25)22-8-11-4-3-5-13(6-11)17(18,19)20/h3-7,9H,8H2,1-2H3,(H,22,25). The first-order chi connectivity index (χ1) is 11.8. The topological polar surface area (TPSA) is 59.8 Å². The number of halogens is 3. The third-order valence-corrected chi connectivity index (χ3v) is 3.83. The number of hydrogen-bond acceptors (Lipinski definition) is 3. The average Bonchev–Trinajstić information content (AvgIpc) is 2.86. The fraction of sp³-hybridized carbons (Fsp3) is 0.235. The Morgan fingerprint density at radius 1 is 1.28 bits per heavy atom. The molecule has 0 aliphatic carbocycles. The first-order valence-corrected chi connectivity index (χ1v) is 7.49. The fourth-order valence-electron chi connectivity index (χ4n) is 2.57. The van der Waals surface area contributed by atoms with E-state index < -0.39 is 17.6 Å². The molecule has 0 radical (unpaired) electrons. The zero-order valence-corrected chi connectivity index (χ0v) is 13.6. The number of benzene rings is 1. The third kappa shape index (κ3) is 3.47. The number of alkyl halides is 3. The first kappa shape index (κ1) is 16.9. The summed E-state index contributed by atoms with van der Waals surface area (Å²) in [6.07, 6.45) is -2.99. The van der Waals surface area contributed by atoms with Gasteiger partial charge in [-0.25, -0.2) is 4.98 Å². The smallest absolute Gasteiger partial charge is 0.348 e. The maximum atomic E-state index is 12.7. The first-order valence-electron chi connectivity index (χ1n) is 7.49. The molecule has 130 valence electrons. The van der Waals surface area contributed by atoms with Crippen LogP contribution < -0.4 is 5.32 Å². The quantitative estimate of drug-likeness (QED) is 0.791. The Hall–Kier alpha value is -2.90. The summed E-state index contributed by atoms with van der Waals surface area (Å²) in [4.78, 5) is 16.5. The molecule has 0 unspecified atom stereocenters. The lowest BCUT2D eigenvalue weighted by Crippen LogP contribution is -2.23. The largest absolute Gasteiger partial charge is 0.416 e. The Bertz CT molecular complexity index is 947. The van der Waals surface area contributed by atoms with Crippen molar-refractivity contribution in [1.82, 2.24) is 20.1 Å². The lowest BCUT2D eigenvalue weighted by Gasteiger charge is -2.09. The molecule has 3 rings (SSSR count). The molecule has 25 heavy (non-hydrogen) atoms. The molecule has 1 amide bonds. The number of amides is 1. The van der Waals surface area contributed by atoms with E-state index in [0.29, 0.717) is 16.8 Å². The second kappa shape index (κ2) is 6.19. The summed E-state index contributed by atoms with van der Waals surface area (Å²) < 4.78 is 39.8. The Balaban J connectivity index is 1.76. The van der Waals surface area contributed by atoms with Crippen LogP contribution in [-0.4, -0.2) is 20.7 Å². The predicted molar refractivity (Wildman–Crippen MR) is 85.9 cm³/mol. The Morgan fingerprint density at radius 3 is 2.76 bits per heavy atom. The minimum atomic E-state index is -4.41. The number of fused-ring (bicyclic) bond motifs is 1. The van der Waals surface area contributed by atoms with E-state index in [1.54, 1.807) is 17.8 Å². The molecule has 0 atom stereocenters. The summed E-state index contributed by atoms with van der Waals surface area (Å²) in [6.45, 7) is 1.81. The lowest BCUT2D eigenvalue weighted by molar-refractivity contribution is -0.137. The lowest BCUT2D eigenvalue weighted by atomic mass is 10.1. The molecule has 0 bridgehead atoms. The highest BCUT2D eigenvalue weighted by molar-refractivity contribution is 5.97. The van der Waals surface area contributed by atoms with Crippen molar-refractivity contribution >= 4 is 16.9 Å². The number of hydrogen-bond donors (Lipinski definition) is 1. The van der Waals surface area contributed by atoms with E-state index in [2.05, 4.69) is 15.4 Å². The monoisotopic (exact) mass is 348 g/mol. The Kier molecular flexibility index (Phi) is 4.20. The van der Waals surface area contributed by atoms with Crippen molar-refractivity contribution < 1.29 is 18.0 Å². The minimum absolute atomic E-state index is 0.00713. The second-order valence-corrected chi connectivity index (χ2v) is 5.68. The predicted octanol–water partition coefficient (Wildman–Crippen LogP) is 3.23. The zero-order chi connectivity index (χ0) is 18.2. The van der Waals surface area contributed by atoms with Crippen molar-refractivity contribution in [3.63, 3.8) is 0 Å². The van der Waals surface area contributed by atoms with Gasteiger partial charge in [0.05, 0.1) is 16.8 Å². The van der Waals surface area contributed by atoms with E-state index >= 15 is 0 Å². The molecule has 2 heterocycles. The Morgan fingerprint density at radius 2 is 2.04 bits per heavy atom. The summed E-state index contributed by atoms with van der Waals surface area (Å²) in [6, 6.07) is 6.53. The number of carbonyl (C=O) groups is 1. The second-order valence-electron chi connectivity index (χ2n) is 5.68. The van der Waals surface area contributed by atoms with Crippen molar-refractivity contribution in [3.05, 3.63) is 58.9 Å². The Labute approximate surface area is 141 Å². The van der Waals surface area contributed by atoms with Crippen molar-refractivity contribution in [2.75, 3.05) is 0 Å². The SMILES string of the molecule is Cc1nn(C)c2ncc(C(=O)NCc3cccc(C(F)(F)F)c3)cc12. The molecule has 3 aromatic rings. The maximum Gasteiger partial charge on any atom is 0.416 e. The zero-order valence-electron chi connectivity index (χ0n) is 13.6. The summed E-state index contributed by atoms with van der Waals surface area (Å²) in [5, 5.41) is 7.60. The van der Waals surface area contributed by atoms with Crippen LogP contribution in [0, 0.1) is 6.92 Å². The van der Waals surface area contributed by atoms with Crippen LogP contribution in [-0.2, 0) is 19.8 Å². The van der Waals surface area contributed by atoms with E-state index in [1.807, 2.05) is 6.92 Å². The number of rotatable bonds is 3. The molecule has 0 aliphatic rings.